The van der Waals surface area contributed by atoms with E-state index in [4.69, 9.17) is 32.7 Å². The standard InChI is InChI=1S/C27H25Cl2F2N3O7/c1-32(12-16-4-7-19(8-5-16)34(37)38)27(35)41-24(11-20-21(28)13-33(36)14-22(20)29)18-6-9-23(40-26(30)31)25(10-18)39-15-17-2-3-17/h4-10,13-14,17,24,26H,2-3,11-12,15H2,1H3. The number of pyridine rings is 1. The Morgan fingerprint density at radius 2 is 1.78 bits per heavy atom. The molecule has 4 rings (SSSR count). The van der Waals surface area contributed by atoms with Crippen molar-refractivity contribution >= 4 is 35.0 Å². The number of halogens is 4. The molecule has 1 saturated carbocycles. The van der Waals surface area contributed by atoms with E-state index < -0.39 is 23.7 Å². The van der Waals surface area contributed by atoms with Crippen molar-refractivity contribution in [1.82, 2.24) is 4.90 Å². The minimum Gasteiger partial charge on any atom is -0.619 e. The molecule has 218 valence electrons. The molecule has 1 aliphatic carbocycles. The number of nitrogens with zero attached hydrogens (tertiary/aromatic N) is 3. The van der Waals surface area contributed by atoms with Crippen LogP contribution in [-0.2, 0) is 17.7 Å². The summed E-state index contributed by atoms with van der Waals surface area (Å²) in [4.78, 5) is 24.8. The van der Waals surface area contributed by atoms with Crippen LogP contribution < -0.4 is 14.2 Å². The van der Waals surface area contributed by atoms with E-state index in [1.165, 1.54) is 54.4 Å². The van der Waals surface area contributed by atoms with Gasteiger partial charge in [0.15, 0.2) is 23.9 Å². The Morgan fingerprint density at radius 3 is 2.37 bits per heavy atom. The maximum atomic E-state index is 13.2. The van der Waals surface area contributed by atoms with Crippen molar-refractivity contribution in [3.63, 3.8) is 0 Å². The van der Waals surface area contributed by atoms with Crippen LogP contribution in [0.15, 0.2) is 54.9 Å². The Kier molecular flexibility index (Phi) is 9.66. The second-order valence-electron chi connectivity index (χ2n) is 9.49. The molecule has 0 N–H and O–H groups in total. The van der Waals surface area contributed by atoms with Gasteiger partial charge in [0.25, 0.3) is 5.69 Å². The van der Waals surface area contributed by atoms with Gasteiger partial charge in [-0.3, -0.25) is 10.1 Å². The fourth-order valence-electron chi connectivity index (χ4n) is 3.93. The molecule has 41 heavy (non-hydrogen) atoms. The predicted molar refractivity (Wildman–Crippen MR) is 144 cm³/mol. The van der Waals surface area contributed by atoms with Crippen molar-refractivity contribution in [2.45, 2.75) is 38.5 Å². The van der Waals surface area contributed by atoms with Gasteiger partial charge in [0.05, 0.1) is 11.5 Å². The monoisotopic (exact) mass is 611 g/mol. The molecule has 1 heterocycles. The number of nitro benzene ring substituents is 1. The van der Waals surface area contributed by atoms with Crippen molar-refractivity contribution in [2.75, 3.05) is 13.7 Å². The topological polar surface area (TPSA) is 118 Å². The lowest BCUT2D eigenvalue weighted by Crippen LogP contribution is -2.29. The summed E-state index contributed by atoms with van der Waals surface area (Å²) in [5.41, 5.74) is 1.23. The molecule has 3 aromatic rings. The summed E-state index contributed by atoms with van der Waals surface area (Å²) in [5, 5.41) is 22.7. The Labute approximate surface area is 243 Å². The number of non-ortho nitro benzene ring substituents is 1. The number of benzene rings is 2. The Hall–Kier alpha value is -3.90. The Morgan fingerprint density at radius 1 is 1.12 bits per heavy atom. The third-order valence-corrected chi connectivity index (χ3v) is 6.95. The third-order valence-electron chi connectivity index (χ3n) is 6.30. The highest BCUT2D eigenvalue weighted by molar-refractivity contribution is 6.35. The lowest BCUT2D eigenvalue weighted by Gasteiger charge is -2.24. The number of hydrogen-bond donors (Lipinski definition) is 0. The molecule has 1 atom stereocenters. The van der Waals surface area contributed by atoms with Gasteiger partial charge in [0.1, 0.15) is 16.1 Å². The molecular weight excluding hydrogens is 587 g/mol. The first-order valence-electron chi connectivity index (χ1n) is 12.4. The fourth-order valence-corrected chi connectivity index (χ4v) is 4.53. The average molecular weight is 612 g/mol. The Bertz CT molecular complexity index is 1390. The first-order valence-corrected chi connectivity index (χ1v) is 13.2. The molecular formula is C27H25Cl2F2N3O7. The molecule has 0 bridgehead atoms. The van der Waals surface area contributed by atoms with Crippen LogP contribution in [0.4, 0.5) is 19.3 Å². The van der Waals surface area contributed by atoms with Gasteiger partial charge >= 0.3 is 12.7 Å². The summed E-state index contributed by atoms with van der Waals surface area (Å²) in [6.45, 7) is -2.69. The normalized spacial score (nSPS) is 13.5. The van der Waals surface area contributed by atoms with E-state index in [1.54, 1.807) is 0 Å². The molecule has 0 spiro atoms. The average Bonchev–Trinajstić information content (AvgIpc) is 3.74. The van der Waals surface area contributed by atoms with Crippen molar-refractivity contribution in [1.29, 1.82) is 0 Å². The van der Waals surface area contributed by atoms with Gasteiger partial charge in [0.2, 0.25) is 0 Å². The summed E-state index contributed by atoms with van der Waals surface area (Å²) < 4.78 is 42.7. The van der Waals surface area contributed by atoms with Crippen molar-refractivity contribution in [2.24, 2.45) is 5.92 Å². The lowest BCUT2D eigenvalue weighted by molar-refractivity contribution is -0.605. The number of ether oxygens (including phenoxy) is 3. The first-order chi connectivity index (χ1) is 19.5. The highest BCUT2D eigenvalue weighted by Crippen LogP contribution is 2.38. The third kappa shape index (κ3) is 8.30. The number of aromatic nitrogens is 1. The zero-order valence-electron chi connectivity index (χ0n) is 21.7. The smallest absolute Gasteiger partial charge is 0.410 e. The van der Waals surface area contributed by atoms with Crippen LogP contribution in [0.1, 0.15) is 35.6 Å². The van der Waals surface area contributed by atoms with Crippen LogP contribution in [0, 0.1) is 21.2 Å². The highest BCUT2D eigenvalue weighted by atomic mass is 35.5. The number of carbonyl (C=O) groups excluding carboxylic acids is 1. The van der Waals surface area contributed by atoms with Gasteiger partial charge in [-0.2, -0.15) is 13.5 Å². The molecule has 1 unspecified atom stereocenters. The van der Waals surface area contributed by atoms with E-state index in [0.29, 0.717) is 33.9 Å². The van der Waals surface area contributed by atoms with Gasteiger partial charge in [-0.15, -0.1) is 0 Å². The van der Waals surface area contributed by atoms with Crippen LogP contribution in [0.3, 0.4) is 0 Å². The van der Waals surface area contributed by atoms with Crippen molar-refractivity contribution < 1.29 is 37.4 Å². The molecule has 1 aliphatic rings. The summed E-state index contributed by atoms with van der Waals surface area (Å²) >= 11 is 12.6. The molecule has 0 radical (unpaired) electrons. The SMILES string of the molecule is CN(Cc1ccc([N+](=O)[O-])cc1)C(=O)OC(Cc1c(Cl)c[n+]([O-])cc1Cl)c1ccc(OC(F)F)c(OCC2CC2)c1. The van der Waals surface area contributed by atoms with Crippen LogP contribution in [-0.4, -0.2) is 36.2 Å². The van der Waals surface area contributed by atoms with Crippen LogP contribution in [0.5, 0.6) is 11.5 Å². The van der Waals surface area contributed by atoms with Gasteiger partial charge in [-0.25, -0.2) is 4.79 Å². The number of hydrogen-bond acceptors (Lipinski definition) is 7. The second kappa shape index (κ2) is 13.2. The largest absolute Gasteiger partial charge is 0.619 e. The summed E-state index contributed by atoms with van der Waals surface area (Å²) in [7, 11) is 1.48. The molecule has 1 aromatic heterocycles. The summed E-state index contributed by atoms with van der Waals surface area (Å²) in [6.07, 6.45) is 2.28. The summed E-state index contributed by atoms with van der Waals surface area (Å²) in [6, 6.07) is 9.89. The van der Waals surface area contributed by atoms with E-state index >= 15 is 0 Å². The van der Waals surface area contributed by atoms with Gasteiger partial charge < -0.3 is 24.3 Å². The number of rotatable bonds is 12. The van der Waals surface area contributed by atoms with E-state index in [2.05, 4.69) is 4.74 Å². The Balaban J connectivity index is 1.61. The van der Waals surface area contributed by atoms with Gasteiger partial charge in [-0.1, -0.05) is 41.4 Å². The maximum absolute atomic E-state index is 13.2. The van der Waals surface area contributed by atoms with Gasteiger partial charge in [-0.05, 0) is 42.0 Å². The molecule has 2 aromatic carbocycles. The number of nitro groups is 1. The zero-order valence-corrected chi connectivity index (χ0v) is 23.2. The van der Waals surface area contributed by atoms with Crippen molar-refractivity contribution in [3.05, 3.63) is 96.9 Å². The molecule has 1 amide bonds. The van der Waals surface area contributed by atoms with E-state index in [9.17, 15) is 28.9 Å². The summed E-state index contributed by atoms with van der Waals surface area (Å²) in [5.74, 6) is 0.200. The van der Waals surface area contributed by atoms with Crippen LogP contribution in [0.2, 0.25) is 10.0 Å². The highest BCUT2D eigenvalue weighted by Gasteiger charge is 2.27. The fraction of sp³-hybridized carbons (Fsp3) is 0.333. The van der Waals surface area contributed by atoms with Gasteiger partial charge in [0, 0.05) is 37.7 Å². The molecule has 14 heteroatoms. The van der Waals surface area contributed by atoms with E-state index in [-0.39, 0.29) is 40.2 Å². The second-order valence-corrected chi connectivity index (χ2v) is 10.3. The first kappa shape index (κ1) is 30.1. The number of carbonyl (C=O) groups is 1. The minimum absolute atomic E-state index is 0.0376. The predicted octanol–water partition coefficient (Wildman–Crippen LogP) is 6.48. The molecule has 0 saturated heterocycles. The van der Waals surface area contributed by atoms with Crippen LogP contribution >= 0.6 is 23.2 Å². The maximum Gasteiger partial charge on any atom is 0.410 e. The van der Waals surface area contributed by atoms with E-state index in [1.807, 2.05) is 0 Å². The van der Waals surface area contributed by atoms with E-state index in [0.717, 1.165) is 25.2 Å². The lowest BCUT2D eigenvalue weighted by atomic mass is 10.0. The molecule has 10 nitrogen and oxygen atoms in total. The molecule has 1 fully saturated rings. The quantitative estimate of drug-likeness (QED) is 0.0995. The number of alkyl halides is 2. The molecule has 0 aliphatic heterocycles. The van der Waals surface area contributed by atoms with Crippen LogP contribution in [0.25, 0.3) is 0 Å². The zero-order chi connectivity index (χ0) is 29.7. The van der Waals surface area contributed by atoms with Crippen molar-refractivity contribution in [3.8, 4) is 11.5 Å². The number of amides is 1. The minimum atomic E-state index is -3.08.